The molecule has 4 rings (SSSR count). The summed E-state index contributed by atoms with van der Waals surface area (Å²) in [5.41, 5.74) is 5.85. The maximum Gasteiger partial charge on any atom is 0.262 e. The third-order valence-electron chi connectivity index (χ3n) is 5.54. The summed E-state index contributed by atoms with van der Waals surface area (Å²) in [6.45, 7) is 6.21. The SMILES string of the molecule is CCOc1cc(/C=C(\C#N)c2nc3cc(C)c(C)cc3[nH]2)ccc1OCC(=O)Nc1ccc(I)cc1. The van der Waals surface area contributed by atoms with E-state index in [1.54, 1.807) is 18.2 Å². The smallest absolute Gasteiger partial charge is 0.262 e. The van der Waals surface area contributed by atoms with Gasteiger partial charge in [-0.15, -0.1) is 0 Å². The molecule has 1 amide bonds. The van der Waals surface area contributed by atoms with Gasteiger partial charge in [0, 0.05) is 9.26 Å². The van der Waals surface area contributed by atoms with Crippen molar-refractivity contribution in [3.05, 3.63) is 80.7 Å². The van der Waals surface area contributed by atoms with Gasteiger partial charge in [0.1, 0.15) is 11.9 Å². The van der Waals surface area contributed by atoms with Crippen LogP contribution in [-0.2, 0) is 4.79 Å². The first kappa shape index (κ1) is 25.3. The molecule has 1 heterocycles. The van der Waals surface area contributed by atoms with Crippen molar-refractivity contribution in [2.75, 3.05) is 18.5 Å². The monoisotopic (exact) mass is 592 g/mol. The van der Waals surface area contributed by atoms with Gasteiger partial charge >= 0.3 is 0 Å². The number of fused-ring (bicyclic) bond motifs is 1. The first-order valence-electron chi connectivity index (χ1n) is 11.4. The average molecular weight is 592 g/mol. The number of carbonyl (C=O) groups is 1. The third kappa shape index (κ3) is 6.04. The van der Waals surface area contributed by atoms with E-state index < -0.39 is 0 Å². The Morgan fingerprint density at radius 3 is 2.56 bits per heavy atom. The van der Waals surface area contributed by atoms with Crippen LogP contribution in [0.25, 0.3) is 22.7 Å². The molecule has 0 saturated heterocycles. The molecule has 2 N–H and O–H groups in total. The summed E-state index contributed by atoms with van der Waals surface area (Å²) in [4.78, 5) is 20.2. The number of anilines is 1. The zero-order valence-corrected chi connectivity index (χ0v) is 22.3. The standard InChI is InChI=1S/C28H25IN4O3/c1-4-35-26-14-19(5-10-25(26)36-16-27(34)31-22-8-6-21(29)7-9-22)13-20(15-30)28-32-23-11-17(2)18(3)12-24(23)33-28/h5-14H,4,16H2,1-3H3,(H,31,34)(H,32,33)/b20-13+. The maximum atomic E-state index is 12.3. The molecule has 0 atom stereocenters. The van der Waals surface area contributed by atoms with E-state index in [1.807, 2.05) is 63.2 Å². The Kier molecular flexibility index (Phi) is 7.90. The third-order valence-corrected chi connectivity index (χ3v) is 6.26. The van der Waals surface area contributed by atoms with E-state index in [0.29, 0.717) is 35.2 Å². The summed E-state index contributed by atoms with van der Waals surface area (Å²) < 4.78 is 12.6. The Hall–Kier alpha value is -3.84. The highest BCUT2D eigenvalue weighted by Crippen LogP contribution is 2.30. The minimum Gasteiger partial charge on any atom is -0.490 e. The summed E-state index contributed by atoms with van der Waals surface area (Å²) in [6, 6.07) is 19.1. The number of benzene rings is 3. The summed E-state index contributed by atoms with van der Waals surface area (Å²) in [7, 11) is 0. The molecule has 36 heavy (non-hydrogen) atoms. The molecule has 0 spiro atoms. The Labute approximate surface area is 223 Å². The van der Waals surface area contributed by atoms with Crippen LogP contribution in [0.2, 0.25) is 0 Å². The van der Waals surface area contributed by atoms with Crippen molar-refractivity contribution in [2.24, 2.45) is 0 Å². The molecule has 0 unspecified atom stereocenters. The quantitative estimate of drug-likeness (QED) is 0.186. The van der Waals surface area contributed by atoms with Crippen molar-refractivity contribution in [3.8, 4) is 17.6 Å². The molecule has 8 heteroatoms. The second-order valence-electron chi connectivity index (χ2n) is 8.19. The van der Waals surface area contributed by atoms with Crippen molar-refractivity contribution in [1.82, 2.24) is 9.97 Å². The number of nitriles is 1. The van der Waals surface area contributed by atoms with Crippen LogP contribution < -0.4 is 14.8 Å². The molecule has 0 aliphatic carbocycles. The number of H-pyrrole nitrogens is 1. The first-order valence-corrected chi connectivity index (χ1v) is 12.5. The molecule has 7 nitrogen and oxygen atoms in total. The van der Waals surface area contributed by atoms with Crippen molar-refractivity contribution in [3.63, 3.8) is 0 Å². The maximum absolute atomic E-state index is 12.3. The fourth-order valence-corrected chi connectivity index (χ4v) is 3.95. The molecule has 3 aromatic carbocycles. The number of carbonyl (C=O) groups excluding carboxylic acids is 1. The summed E-state index contributed by atoms with van der Waals surface area (Å²) in [5.74, 6) is 1.16. The Balaban J connectivity index is 1.52. The van der Waals surface area contributed by atoms with E-state index in [1.165, 1.54) is 0 Å². The van der Waals surface area contributed by atoms with E-state index in [9.17, 15) is 10.1 Å². The van der Waals surface area contributed by atoms with Gasteiger partial charge in [-0.2, -0.15) is 5.26 Å². The van der Waals surface area contributed by atoms with Crippen LogP contribution in [0.15, 0.2) is 54.6 Å². The van der Waals surface area contributed by atoms with Gasteiger partial charge in [-0.05, 0) is 115 Å². The first-order chi connectivity index (χ1) is 17.4. The zero-order chi connectivity index (χ0) is 25.7. The van der Waals surface area contributed by atoms with Crippen LogP contribution >= 0.6 is 22.6 Å². The number of nitrogens with one attached hydrogen (secondary N) is 2. The molecule has 182 valence electrons. The lowest BCUT2D eigenvalue weighted by atomic mass is 10.1. The summed E-state index contributed by atoms with van der Waals surface area (Å²) in [6.07, 6.45) is 1.74. The largest absolute Gasteiger partial charge is 0.490 e. The lowest BCUT2D eigenvalue weighted by molar-refractivity contribution is -0.118. The number of aryl methyl sites for hydroxylation is 2. The average Bonchev–Trinajstić information content (AvgIpc) is 3.26. The minimum atomic E-state index is -0.273. The second-order valence-corrected chi connectivity index (χ2v) is 9.44. The van der Waals surface area contributed by atoms with Gasteiger partial charge in [0.25, 0.3) is 5.91 Å². The number of ether oxygens (including phenoxy) is 2. The second kappa shape index (κ2) is 11.3. The van der Waals surface area contributed by atoms with Gasteiger partial charge in [-0.1, -0.05) is 6.07 Å². The van der Waals surface area contributed by atoms with Gasteiger partial charge in [0.2, 0.25) is 0 Å². The molecule has 0 fully saturated rings. The number of amides is 1. The highest BCUT2D eigenvalue weighted by Gasteiger charge is 2.12. The summed E-state index contributed by atoms with van der Waals surface area (Å²) in [5, 5.41) is 12.6. The normalized spacial score (nSPS) is 11.2. The van der Waals surface area contributed by atoms with E-state index in [4.69, 9.17) is 9.47 Å². The van der Waals surface area contributed by atoms with Crippen LogP contribution in [-0.4, -0.2) is 29.1 Å². The molecule has 0 bridgehead atoms. The minimum absolute atomic E-state index is 0.164. The van der Waals surface area contributed by atoms with Crippen molar-refractivity contribution in [2.45, 2.75) is 20.8 Å². The van der Waals surface area contributed by atoms with E-state index in [2.05, 4.69) is 43.9 Å². The fraction of sp³-hybridized carbons (Fsp3) is 0.179. The lowest BCUT2D eigenvalue weighted by Gasteiger charge is -2.13. The number of aromatic amines is 1. The highest BCUT2D eigenvalue weighted by molar-refractivity contribution is 14.1. The van der Waals surface area contributed by atoms with Gasteiger partial charge in [0.05, 0.1) is 23.2 Å². The van der Waals surface area contributed by atoms with Crippen LogP contribution in [0.5, 0.6) is 11.5 Å². The Morgan fingerprint density at radius 2 is 1.83 bits per heavy atom. The van der Waals surface area contributed by atoms with Crippen LogP contribution in [0, 0.1) is 28.7 Å². The van der Waals surface area contributed by atoms with Crippen molar-refractivity contribution < 1.29 is 14.3 Å². The topological polar surface area (TPSA) is 100 Å². The number of hydrogen-bond acceptors (Lipinski definition) is 5. The fourth-order valence-electron chi connectivity index (χ4n) is 3.59. The molecule has 4 aromatic rings. The number of nitrogens with zero attached hydrogens (tertiary/aromatic N) is 2. The molecular weight excluding hydrogens is 567 g/mol. The van der Waals surface area contributed by atoms with Crippen LogP contribution in [0.3, 0.4) is 0 Å². The van der Waals surface area contributed by atoms with E-state index in [-0.39, 0.29) is 12.5 Å². The molecule has 1 aromatic heterocycles. The van der Waals surface area contributed by atoms with Crippen molar-refractivity contribution in [1.29, 1.82) is 5.26 Å². The predicted molar refractivity (Wildman–Crippen MR) is 150 cm³/mol. The van der Waals surface area contributed by atoms with Gasteiger partial charge in [-0.25, -0.2) is 4.98 Å². The molecular formula is C28H25IN4O3. The Morgan fingerprint density at radius 1 is 1.08 bits per heavy atom. The van der Waals surface area contributed by atoms with Crippen LogP contribution in [0.1, 0.15) is 29.4 Å². The van der Waals surface area contributed by atoms with Crippen LogP contribution in [0.4, 0.5) is 5.69 Å². The number of allylic oxidation sites excluding steroid dienone is 1. The highest BCUT2D eigenvalue weighted by atomic mass is 127. The predicted octanol–water partition coefficient (Wildman–Crippen LogP) is 6.26. The molecule has 0 saturated carbocycles. The van der Waals surface area contributed by atoms with E-state index in [0.717, 1.165) is 31.3 Å². The number of rotatable bonds is 8. The lowest BCUT2D eigenvalue weighted by Crippen LogP contribution is -2.20. The zero-order valence-electron chi connectivity index (χ0n) is 20.2. The molecule has 0 aliphatic rings. The van der Waals surface area contributed by atoms with Gasteiger partial charge < -0.3 is 19.8 Å². The number of hydrogen-bond donors (Lipinski definition) is 2. The number of aromatic nitrogens is 2. The molecule has 0 aliphatic heterocycles. The van der Waals surface area contributed by atoms with E-state index >= 15 is 0 Å². The Bertz CT molecular complexity index is 1440. The number of imidazole rings is 1. The van der Waals surface area contributed by atoms with Gasteiger partial charge in [-0.3, -0.25) is 4.79 Å². The summed E-state index contributed by atoms with van der Waals surface area (Å²) >= 11 is 2.21. The van der Waals surface area contributed by atoms with Gasteiger partial charge in [0.15, 0.2) is 18.1 Å². The van der Waals surface area contributed by atoms with Crippen molar-refractivity contribution >= 4 is 56.9 Å². The number of halogens is 1. The molecule has 0 radical (unpaired) electrons.